The molecule has 4 heavy (non-hydrogen) atoms. The van der Waals surface area contributed by atoms with Gasteiger partial charge in [0.25, 0.3) is 0 Å². The zero-order valence-corrected chi connectivity index (χ0v) is 3.53. The highest BCUT2D eigenvalue weighted by molar-refractivity contribution is 8.00. The quantitative estimate of drug-likeness (QED) is 0.334. The predicted molar refractivity (Wildman–Crippen MR) is 25.3 cm³/mol. The van der Waals surface area contributed by atoms with Crippen molar-refractivity contribution in [2.45, 2.75) is 0 Å². The molecule has 0 aromatic heterocycles. The minimum absolute atomic E-state index is 0. The van der Waals surface area contributed by atoms with Crippen molar-refractivity contribution in [2.24, 2.45) is 5.73 Å². The minimum atomic E-state index is 0. The van der Waals surface area contributed by atoms with E-state index in [2.05, 4.69) is 30.6 Å². The first-order chi connectivity index (χ1) is 1.73. The number of nitrogens with two attached hydrogens (primary N) is 1. The van der Waals surface area contributed by atoms with Gasteiger partial charge in [-0.3, -0.25) is 0 Å². The fourth-order valence-corrected chi connectivity index (χ4v) is 0. The van der Waals surface area contributed by atoms with Crippen molar-refractivity contribution in [2.75, 3.05) is 0 Å². The van der Waals surface area contributed by atoms with E-state index in [0.717, 1.165) is 0 Å². The number of thiocarbonyl (C=S) groups is 1. The lowest BCUT2D eigenvalue weighted by atomic mass is 11.5. The van der Waals surface area contributed by atoms with Crippen LogP contribution in [-0.4, -0.2) is 4.32 Å². The third-order valence-electron chi connectivity index (χ3n) is 0. The fourth-order valence-electron chi connectivity index (χ4n) is 0. The van der Waals surface area contributed by atoms with E-state index >= 15 is 0 Å². The summed E-state index contributed by atoms with van der Waals surface area (Å²) >= 11 is 8.26. The molecule has 0 atom stereocenters. The molecule has 0 bridgehead atoms. The highest BCUT2D eigenvalue weighted by Crippen LogP contribution is 1.45. The monoisotopic (exact) mass is 93.0 g/mol. The van der Waals surface area contributed by atoms with Gasteiger partial charge in [0.1, 0.15) is 0 Å². The van der Waals surface area contributed by atoms with E-state index in [1.54, 1.807) is 0 Å². The second-order valence-electron chi connectivity index (χ2n) is 0.319. The molecule has 1 nitrogen and oxygen atoms in total. The van der Waals surface area contributed by atoms with Crippen molar-refractivity contribution in [3.63, 3.8) is 0 Å². The molecule has 0 aromatic carbocycles. The molecule has 0 rings (SSSR count). The van der Waals surface area contributed by atoms with Crippen molar-refractivity contribution in [1.29, 1.82) is 0 Å². The third kappa shape index (κ3) is 215. The van der Waals surface area contributed by atoms with Gasteiger partial charge in [-0.1, -0.05) is 4.32 Å². The molecule has 3 heteroatoms. The molecule has 2 N–H and O–H groups in total. The molecule has 0 saturated carbocycles. The highest BCUT2D eigenvalue weighted by Gasteiger charge is 1.35. The predicted octanol–water partition coefficient (Wildman–Crippen LogP) is -0.111. The molecule has 0 unspecified atom stereocenters. The fraction of sp³-hybridized carbons (Fsp3) is 0. The van der Waals surface area contributed by atoms with Gasteiger partial charge in [-0.15, -0.1) is 0 Å². The molecule has 0 radical (unpaired) electrons. The smallest absolute Gasteiger partial charge is 0.415 e. The van der Waals surface area contributed by atoms with E-state index < -0.39 is 0 Å². The second-order valence-corrected chi connectivity index (χ2v) is 1.46. The summed E-state index contributed by atoms with van der Waals surface area (Å²) in [6.07, 6.45) is 0. The summed E-state index contributed by atoms with van der Waals surface area (Å²) in [7, 11) is 0. The van der Waals surface area contributed by atoms with Crippen LogP contribution < -0.4 is 5.73 Å². The van der Waals surface area contributed by atoms with Crippen LogP contribution in [0, 0.1) is 0 Å². The highest BCUT2D eigenvalue weighted by atomic mass is 32.1. The van der Waals surface area contributed by atoms with Crippen LogP contribution in [0.3, 0.4) is 0 Å². The number of rotatable bonds is 0. The first-order valence-electron chi connectivity index (χ1n) is 0.697. The van der Waals surface area contributed by atoms with Crippen molar-refractivity contribution in [3.05, 3.63) is 0 Å². The molecule has 0 aliphatic heterocycles. The van der Waals surface area contributed by atoms with Gasteiger partial charge in [-0.2, -0.15) is 0 Å². The average molecular weight is 93.2 g/mol. The summed E-state index contributed by atoms with van der Waals surface area (Å²) in [5.41, 5.74) is 4.66. The van der Waals surface area contributed by atoms with Gasteiger partial charge >= 0.3 is 1.43 Å². The van der Waals surface area contributed by atoms with Crippen molar-refractivity contribution < 1.29 is 1.43 Å². The van der Waals surface area contributed by atoms with Crippen LogP contribution in [0.5, 0.6) is 0 Å². The van der Waals surface area contributed by atoms with Crippen LogP contribution in [0.4, 0.5) is 0 Å². The van der Waals surface area contributed by atoms with Gasteiger partial charge < -0.3 is 30.6 Å². The summed E-state index contributed by atoms with van der Waals surface area (Å²) in [5, 5.41) is 0. The van der Waals surface area contributed by atoms with E-state index in [9.17, 15) is 0 Å². The molecule has 0 spiro atoms. The average Bonchev–Trinajstić information content (AvgIpc) is 0.811. The Labute approximate surface area is 37.1 Å². The van der Waals surface area contributed by atoms with Gasteiger partial charge in [0.2, 0.25) is 0 Å². The van der Waals surface area contributed by atoms with E-state index in [1.807, 2.05) is 0 Å². The number of hydrogen-bond acceptors (Lipinski definition) is 2. The van der Waals surface area contributed by atoms with Crippen LogP contribution in [0.15, 0.2) is 0 Å². The molecular weight excluding hydrogens is 90.2 g/mol. The standard InChI is InChI=1S/CH3NS2/c2-1(3)4/h(H3,2,3,4). The lowest BCUT2D eigenvalue weighted by molar-refractivity contribution is 1.91. The van der Waals surface area contributed by atoms with Gasteiger partial charge in [-0.25, -0.2) is 0 Å². The third-order valence-corrected chi connectivity index (χ3v) is 0. The lowest BCUT2D eigenvalue weighted by Gasteiger charge is -1.83. The Bertz CT molecular complexity index is 32.6. The maximum atomic E-state index is 4.66. The van der Waals surface area contributed by atoms with Crippen LogP contribution in [-0.2, 0) is 12.6 Å². The van der Waals surface area contributed by atoms with E-state index in [4.69, 9.17) is 0 Å². The van der Waals surface area contributed by atoms with Crippen LogP contribution >= 0.6 is 12.2 Å². The summed E-state index contributed by atoms with van der Waals surface area (Å²) in [6.45, 7) is 0. The Morgan fingerprint density at radius 2 is 2.25 bits per heavy atom. The van der Waals surface area contributed by atoms with Crippen LogP contribution in [0.1, 0.15) is 1.43 Å². The van der Waals surface area contributed by atoms with Crippen molar-refractivity contribution in [3.8, 4) is 0 Å². The van der Waals surface area contributed by atoms with E-state index in [0.29, 0.717) is 0 Å². The summed E-state index contributed by atoms with van der Waals surface area (Å²) in [4.78, 5) is 0. The molecule has 0 heterocycles. The minimum Gasteiger partial charge on any atom is -0.415 e. The molecule has 0 amide bonds. The first kappa shape index (κ1) is 4.11. The maximum absolute atomic E-state index is 4.66. The Kier molecular flexibility index (Phi) is 1.47. The molecular formula is CH3NS2. The second kappa shape index (κ2) is 1.43. The molecule has 0 aliphatic rings. The Hall–Kier alpha value is 0.110. The summed E-state index contributed by atoms with van der Waals surface area (Å²) in [6, 6.07) is 0. The molecule has 0 saturated heterocycles. The van der Waals surface area contributed by atoms with E-state index in [1.165, 1.54) is 0 Å². The van der Waals surface area contributed by atoms with Gasteiger partial charge in [0.05, 0.1) is 0 Å². The Morgan fingerprint density at radius 3 is 2.25 bits per heavy atom. The Balaban J connectivity index is 0. The molecule has 0 aromatic rings. The largest absolute Gasteiger partial charge is 1.00 e. The molecule has 0 fully saturated rings. The molecule has 24 valence electrons. The molecule has 0 aliphatic carbocycles. The van der Waals surface area contributed by atoms with Crippen molar-refractivity contribution >= 4 is 29.2 Å². The lowest BCUT2D eigenvalue weighted by Crippen LogP contribution is -1.99. The zero-order valence-electron chi connectivity index (χ0n) is 2.89. The summed E-state index contributed by atoms with van der Waals surface area (Å²) < 4.78 is 0.0833. The first-order valence-corrected chi connectivity index (χ1v) is 1.51. The van der Waals surface area contributed by atoms with Crippen LogP contribution in [0.2, 0.25) is 0 Å². The van der Waals surface area contributed by atoms with Gasteiger partial charge in [-0.05, 0) is 0 Å². The van der Waals surface area contributed by atoms with Crippen LogP contribution in [0.25, 0.3) is 0 Å². The maximum Gasteiger partial charge on any atom is 1.00 e. The van der Waals surface area contributed by atoms with E-state index in [-0.39, 0.29) is 5.75 Å². The summed E-state index contributed by atoms with van der Waals surface area (Å²) in [5.74, 6) is 0. The zero-order chi connectivity index (χ0) is 3.58. The number of hydrogen-bond donors (Lipinski definition) is 1. The van der Waals surface area contributed by atoms with Gasteiger partial charge in [0, 0.05) is 0 Å². The normalized spacial score (nSPS) is 6.00. The Morgan fingerprint density at radius 1 is 2.25 bits per heavy atom. The topological polar surface area (TPSA) is 26.0 Å². The van der Waals surface area contributed by atoms with Crippen molar-refractivity contribution in [1.82, 2.24) is 0 Å². The SMILES string of the molecule is NC(=S)[S-].[H+]. The van der Waals surface area contributed by atoms with Gasteiger partial charge in [0.15, 0.2) is 0 Å².